The van der Waals surface area contributed by atoms with Crippen molar-refractivity contribution in [2.75, 3.05) is 26.3 Å². The first kappa shape index (κ1) is 15.0. The normalized spacial score (nSPS) is 17.9. The van der Waals surface area contributed by atoms with Crippen LogP contribution in [-0.4, -0.2) is 45.3 Å². The molecule has 6 heteroatoms. The molecule has 0 aromatic heterocycles. The lowest BCUT2D eigenvalue weighted by Gasteiger charge is -2.26. The number of carbonyl (C=O) groups is 1. The molecule has 20 heavy (non-hydrogen) atoms. The number of nitrogens with one attached hydrogen (secondary N) is 2. The highest BCUT2D eigenvalue weighted by atomic mass is 16.6. The molecular weight excluding hydrogens is 255 g/mol. The third kappa shape index (κ3) is 4.96. The van der Waals surface area contributed by atoms with E-state index < -0.39 is 7.12 Å². The van der Waals surface area contributed by atoms with E-state index in [1.807, 2.05) is 30.3 Å². The van der Waals surface area contributed by atoms with E-state index in [0.29, 0.717) is 19.6 Å². The average Bonchev–Trinajstić information content (AvgIpc) is 2.38. The van der Waals surface area contributed by atoms with Gasteiger partial charge in [0, 0.05) is 33.2 Å². The average molecular weight is 276 g/mol. The zero-order valence-corrected chi connectivity index (χ0v) is 11.8. The molecule has 2 N–H and O–H groups in total. The van der Waals surface area contributed by atoms with Gasteiger partial charge in [-0.25, -0.2) is 0 Å². The Balaban J connectivity index is 2.02. The van der Waals surface area contributed by atoms with Crippen LogP contribution in [0.15, 0.2) is 30.3 Å². The summed E-state index contributed by atoms with van der Waals surface area (Å²) < 4.78 is 11.4. The molecule has 0 spiro atoms. The predicted molar refractivity (Wildman–Crippen MR) is 78.3 cm³/mol. The van der Waals surface area contributed by atoms with Gasteiger partial charge in [-0.15, -0.1) is 0 Å². The Morgan fingerprint density at radius 2 is 1.95 bits per heavy atom. The minimum atomic E-state index is -0.402. The highest BCUT2D eigenvalue weighted by Crippen LogP contribution is 2.08. The fourth-order valence-electron chi connectivity index (χ4n) is 2.24. The fourth-order valence-corrected chi connectivity index (χ4v) is 2.24. The summed E-state index contributed by atoms with van der Waals surface area (Å²) >= 11 is 0. The summed E-state index contributed by atoms with van der Waals surface area (Å²) in [5.41, 5.74) is 1.15. The highest BCUT2D eigenvalue weighted by molar-refractivity contribution is 6.47. The molecule has 1 aliphatic heterocycles. The zero-order valence-electron chi connectivity index (χ0n) is 11.8. The summed E-state index contributed by atoms with van der Waals surface area (Å²) in [4.78, 5) is 11.4. The van der Waals surface area contributed by atoms with Crippen molar-refractivity contribution in [3.8, 4) is 0 Å². The van der Waals surface area contributed by atoms with Gasteiger partial charge < -0.3 is 19.9 Å². The van der Waals surface area contributed by atoms with Gasteiger partial charge in [0.25, 0.3) is 0 Å². The molecule has 108 valence electrons. The summed E-state index contributed by atoms with van der Waals surface area (Å²) in [6.07, 6.45) is 0.693. The molecule has 1 aromatic carbocycles. The SMILES string of the molecule is CC(=O)N[C@@H](Cc1ccccc1)B1OCCNCCO1. The summed E-state index contributed by atoms with van der Waals surface area (Å²) in [5.74, 6) is -0.244. The van der Waals surface area contributed by atoms with E-state index in [-0.39, 0.29) is 11.8 Å². The smallest absolute Gasteiger partial charge is 0.408 e. The molecule has 1 amide bonds. The van der Waals surface area contributed by atoms with Crippen LogP contribution in [0.5, 0.6) is 0 Å². The molecule has 1 aliphatic rings. The van der Waals surface area contributed by atoms with Crippen LogP contribution < -0.4 is 10.6 Å². The van der Waals surface area contributed by atoms with E-state index in [9.17, 15) is 4.79 Å². The van der Waals surface area contributed by atoms with Crippen LogP contribution in [0.3, 0.4) is 0 Å². The maximum Gasteiger partial charge on any atom is 0.481 e. The van der Waals surface area contributed by atoms with Gasteiger partial charge in [-0.05, 0) is 12.0 Å². The molecule has 1 fully saturated rings. The Bertz CT molecular complexity index is 408. The summed E-state index contributed by atoms with van der Waals surface area (Å²) in [6.45, 7) is 4.28. The van der Waals surface area contributed by atoms with Crippen molar-refractivity contribution >= 4 is 13.0 Å². The molecule has 0 aliphatic carbocycles. The molecule has 0 radical (unpaired) electrons. The Morgan fingerprint density at radius 3 is 2.55 bits per heavy atom. The lowest BCUT2D eigenvalue weighted by atomic mass is 9.74. The molecule has 0 unspecified atom stereocenters. The van der Waals surface area contributed by atoms with Gasteiger partial charge in [-0.2, -0.15) is 0 Å². The van der Waals surface area contributed by atoms with Crippen LogP contribution in [0.1, 0.15) is 12.5 Å². The van der Waals surface area contributed by atoms with Crippen LogP contribution in [0.25, 0.3) is 0 Å². The van der Waals surface area contributed by atoms with Crippen LogP contribution >= 0.6 is 0 Å². The van der Waals surface area contributed by atoms with E-state index in [1.165, 1.54) is 6.92 Å². The lowest BCUT2D eigenvalue weighted by Crippen LogP contribution is -2.52. The highest BCUT2D eigenvalue weighted by Gasteiger charge is 2.31. The fraction of sp³-hybridized carbons (Fsp3) is 0.500. The van der Waals surface area contributed by atoms with Crippen LogP contribution in [0.4, 0.5) is 0 Å². The minimum Gasteiger partial charge on any atom is -0.408 e. The van der Waals surface area contributed by atoms with Crippen molar-refractivity contribution in [3.05, 3.63) is 35.9 Å². The minimum absolute atomic E-state index is 0.0710. The van der Waals surface area contributed by atoms with E-state index in [4.69, 9.17) is 9.31 Å². The van der Waals surface area contributed by atoms with Crippen molar-refractivity contribution < 1.29 is 14.1 Å². The second kappa shape index (κ2) is 8.04. The topological polar surface area (TPSA) is 59.6 Å². The first-order chi connectivity index (χ1) is 9.75. The number of hydrogen-bond acceptors (Lipinski definition) is 4. The van der Waals surface area contributed by atoms with E-state index >= 15 is 0 Å². The van der Waals surface area contributed by atoms with Crippen molar-refractivity contribution in [2.45, 2.75) is 19.3 Å². The Labute approximate surface area is 120 Å². The van der Waals surface area contributed by atoms with Crippen molar-refractivity contribution in [1.29, 1.82) is 0 Å². The Hall–Kier alpha value is -1.37. The molecular formula is C14H21BN2O3. The van der Waals surface area contributed by atoms with Crippen molar-refractivity contribution in [1.82, 2.24) is 10.6 Å². The molecule has 1 aromatic rings. The van der Waals surface area contributed by atoms with Gasteiger partial charge in [0.2, 0.25) is 5.91 Å². The third-order valence-corrected chi connectivity index (χ3v) is 3.14. The molecule has 0 bridgehead atoms. The number of hydrogen-bond donors (Lipinski definition) is 2. The maximum atomic E-state index is 11.4. The molecule has 2 rings (SSSR count). The quantitative estimate of drug-likeness (QED) is 0.781. The van der Waals surface area contributed by atoms with Gasteiger partial charge in [0.15, 0.2) is 0 Å². The van der Waals surface area contributed by atoms with Gasteiger partial charge in [0.1, 0.15) is 0 Å². The third-order valence-electron chi connectivity index (χ3n) is 3.14. The molecule has 1 atom stereocenters. The summed E-state index contributed by atoms with van der Waals surface area (Å²) in [5, 5.41) is 6.14. The molecule has 1 heterocycles. The monoisotopic (exact) mass is 276 g/mol. The largest absolute Gasteiger partial charge is 0.481 e. The Kier molecular flexibility index (Phi) is 6.04. The number of rotatable bonds is 4. The van der Waals surface area contributed by atoms with Crippen LogP contribution in [0, 0.1) is 0 Å². The zero-order chi connectivity index (χ0) is 14.2. The second-order valence-corrected chi connectivity index (χ2v) is 4.86. The number of carbonyl (C=O) groups excluding carboxylic acids is 1. The van der Waals surface area contributed by atoms with Gasteiger partial charge in [-0.3, -0.25) is 4.79 Å². The summed E-state index contributed by atoms with van der Waals surface area (Å²) in [6, 6.07) is 10.0. The predicted octanol–water partition coefficient (Wildman–Crippen LogP) is 0.398. The molecule has 5 nitrogen and oxygen atoms in total. The van der Waals surface area contributed by atoms with E-state index in [2.05, 4.69) is 10.6 Å². The number of amides is 1. The van der Waals surface area contributed by atoms with E-state index in [1.54, 1.807) is 0 Å². The molecule has 1 saturated heterocycles. The first-order valence-corrected chi connectivity index (χ1v) is 7.00. The number of benzene rings is 1. The Morgan fingerprint density at radius 1 is 1.30 bits per heavy atom. The van der Waals surface area contributed by atoms with Crippen molar-refractivity contribution in [2.24, 2.45) is 0 Å². The van der Waals surface area contributed by atoms with Crippen LogP contribution in [0.2, 0.25) is 0 Å². The van der Waals surface area contributed by atoms with Gasteiger partial charge >= 0.3 is 7.12 Å². The standard InChI is InChI=1S/C14H21BN2O3/c1-12(18)17-14(11-13-5-3-2-4-6-13)15-19-9-7-16-8-10-20-15/h2-6,14,16H,7-11H2,1H3,(H,17,18)/t14-/m0/s1. The van der Waals surface area contributed by atoms with E-state index in [0.717, 1.165) is 18.7 Å². The maximum absolute atomic E-state index is 11.4. The lowest BCUT2D eigenvalue weighted by molar-refractivity contribution is -0.119. The van der Waals surface area contributed by atoms with Gasteiger partial charge in [0.05, 0.1) is 5.94 Å². The molecule has 0 saturated carbocycles. The van der Waals surface area contributed by atoms with Crippen LogP contribution in [-0.2, 0) is 20.5 Å². The second-order valence-electron chi connectivity index (χ2n) is 4.86. The first-order valence-electron chi connectivity index (χ1n) is 7.00. The van der Waals surface area contributed by atoms with Gasteiger partial charge in [-0.1, -0.05) is 30.3 Å². The van der Waals surface area contributed by atoms with Crippen molar-refractivity contribution in [3.63, 3.8) is 0 Å². The summed E-state index contributed by atoms with van der Waals surface area (Å²) in [7, 11) is -0.402.